The van der Waals surface area contributed by atoms with E-state index >= 15 is 0 Å². The number of rotatable bonds is 5. The van der Waals surface area contributed by atoms with Crippen LogP contribution in [0.2, 0.25) is 0 Å². The van der Waals surface area contributed by atoms with E-state index in [0.29, 0.717) is 5.56 Å². The zero-order valence-electron chi connectivity index (χ0n) is 12.9. The molecule has 0 aliphatic rings. The molecule has 0 spiro atoms. The van der Waals surface area contributed by atoms with Crippen LogP contribution in [0.5, 0.6) is 0 Å². The Balaban J connectivity index is 2.81. The molecular weight excluding hydrogens is 291 g/mol. The minimum Gasteiger partial charge on any atom is -0.481 e. The van der Waals surface area contributed by atoms with E-state index in [1.54, 1.807) is 20.8 Å². The fourth-order valence-electron chi connectivity index (χ4n) is 1.73. The van der Waals surface area contributed by atoms with Crippen LogP contribution in [-0.2, 0) is 9.53 Å². The molecule has 0 aliphatic heterocycles. The predicted molar refractivity (Wildman–Crippen MR) is 80.1 cm³/mol. The summed E-state index contributed by atoms with van der Waals surface area (Å²) in [5.41, 5.74) is 5.64. The summed E-state index contributed by atoms with van der Waals surface area (Å²) in [5, 5.41) is 11.0. The van der Waals surface area contributed by atoms with Crippen LogP contribution in [0.1, 0.15) is 45.2 Å². The van der Waals surface area contributed by atoms with E-state index in [9.17, 15) is 14.0 Å². The van der Waals surface area contributed by atoms with Gasteiger partial charge in [0, 0.05) is 12.5 Å². The van der Waals surface area contributed by atoms with Gasteiger partial charge in [0.05, 0.1) is 5.69 Å². The Kier molecular flexibility index (Phi) is 5.87. The molecule has 0 heterocycles. The van der Waals surface area contributed by atoms with Gasteiger partial charge in [-0.25, -0.2) is 9.18 Å². The van der Waals surface area contributed by atoms with Crippen molar-refractivity contribution in [2.24, 2.45) is 5.73 Å². The molecular formula is C15H21FN2O4. The van der Waals surface area contributed by atoms with Gasteiger partial charge < -0.3 is 15.6 Å². The van der Waals surface area contributed by atoms with Crippen LogP contribution >= 0.6 is 0 Å². The molecule has 0 aromatic heterocycles. The highest BCUT2D eigenvalue weighted by Gasteiger charge is 2.18. The minimum absolute atomic E-state index is 0.0578. The Morgan fingerprint density at radius 3 is 2.59 bits per heavy atom. The maximum absolute atomic E-state index is 13.7. The zero-order valence-corrected chi connectivity index (χ0v) is 12.9. The summed E-state index contributed by atoms with van der Waals surface area (Å²) in [6, 6.07) is 3.45. The summed E-state index contributed by atoms with van der Waals surface area (Å²) in [7, 11) is 0. The number of halogens is 1. The highest BCUT2D eigenvalue weighted by atomic mass is 19.1. The van der Waals surface area contributed by atoms with E-state index in [1.165, 1.54) is 18.2 Å². The Morgan fingerprint density at radius 2 is 2.05 bits per heavy atom. The van der Waals surface area contributed by atoms with Crippen LogP contribution in [0.15, 0.2) is 18.2 Å². The van der Waals surface area contributed by atoms with Crippen LogP contribution in [0.25, 0.3) is 0 Å². The third-order valence-corrected chi connectivity index (χ3v) is 2.72. The average Bonchev–Trinajstić information content (AvgIpc) is 2.36. The Hall–Kier alpha value is -2.15. The number of ether oxygens (including phenoxy) is 1. The summed E-state index contributed by atoms with van der Waals surface area (Å²) in [5.74, 6) is -1.58. The molecule has 0 aliphatic carbocycles. The van der Waals surface area contributed by atoms with Gasteiger partial charge in [0.1, 0.15) is 11.4 Å². The molecule has 4 N–H and O–H groups in total. The van der Waals surface area contributed by atoms with Gasteiger partial charge >= 0.3 is 12.1 Å². The number of anilines is 1. The van der Waals surface area contributed by atoms with Gasteiger partial charge in [-0.15, -0.1) is 0 Å². The van der Waals surface area contributed by atoms with Crippen molar-refractivity contribution in [1.82, 2.24) is 0 Å². The van der Waals surface area contributed by atoms with Crippen LogP contribution in [0.4, 0.5) is 14.9 Å². The molecule has 6 nitrogen and oxygen atoms in total. The van der Waals surface area contributed by atoms with Crippen molar-refractivity contribution in [3.63, 3.8) is 0 Å². The molecule has 1 aromatic rings. The lowest BCUT2D eigenvalue weighted by atomic mass is 10.0. The van der Waals surface area contributed by atoms with Crippen LogP contribution < -0.4 is 11.1 Å². The number of hydrogen-bond donors (Lipinski definition) is 3. The largest absolute Gasteiger partial charge is 0.481 e. The molecule has 1 rings (SSSR count). The van der Waals surface area contributed by atoms with E-state index in [1.807, 2.05) is 0 Å². The number of carbonyl (C=O) groups excluding carboxylic acids is 1. The molecule has 1 unspecified atom stereocenters. The fourth-order valence-corrected chi connectivity index (χ4v) is 1.73. The van der Waals surface area contributed by atoms with Gasteiger partial charge in [-0.1, -0.05) is 6.07 Å². The zero-order chi connectivity index (χ0) is 16.9. The van der Waals surface area contributed by atoms with Crippen LogP contribution in [-0.4, -0.2) is 22.8 Å². The number of amides is 1. The second kappa shape index (κ2) is 7.22. The second-order valence-electron chi connectivity index (χ2n) is 5.91. The second-order valence-corrected chi connectivity index (χ2v) is 5.91. The van der Waals surface area contributed by atoms with Gasteiger partial charge in [-0.2, -0.15) is 0 Å². The van der Waals surface area contributed by atoms with Crippen molar-refractivity contribution in [1.29, 1.82) is 0 Å². The molecule has 1 atom stereocenters. The Bertz CT molecular complexity index is 555. The van der Waals surface area contributed by atoms with Crippen molar-refractivity contribution in [2.75, 3.05) is 5.32 Å². The first-order valence-electron chi connectivity index (χ1n) is 6.85. The average molecular weight is 312 g/mol. The number of aliphatic carboxylic acids is 1. The first kappa shape index (κ1) is 17.9. The van der Waals surface area contributed by atoms with Crippen molar-refractivity contribution >= 4 is 17.7 Å². The summed E-state index contributed by atoms with van der Waals surface area (Å²) < 4.78 is 18.8. The fraction of sp³-hybridized carbons (Fsp3) is 0.467. The number of nitrogens with two attached hydrogens (primary N) is 1. The van der Waals surface area contributed by atoms with Gasteiger partial charge in [0.2, 0.25) is 0 Å². The van der Waals surface area contributed by atoms with E-state index in [2.05, 4.69) is 5.32 Å². The smallest absolute Gasteiger partial charge is 0.412 e. The lowest BCUT2D eigenvalue weighted by molar-refractivity contribution is -0.137. The minimum atomic E-state index is -0.954. The topological polar surface area (TPSA) is 102 Å². The van der Waals surface area contributed by atoms with Gasteiger partial charge in [-0.3, -0.25) is 10.1 Å². The number of benzene rings is 1. The maximum atomic E-state index is 13.7. The predicted octanol–water partition coefficient (Wildman–Crippen LogP) is 3.04. The van der Waals surface area contributed by atoms with E-state index in [4.69, 9.17) is 15.6 Å². The van der Waals surface area contributed by atoms with Crippen molar-refractivity contribution in [3.8, 4) is 0 Å². The molecule has 1 aromatic carbocycles. The quantitative estimate of drug-likeness (QED) is 0.775. The van der Waals surface area contributed by atoms with Gasteiger partial charge in [0.25, 0.3) is 0 Å². The maximum Gasteiger partial charge on any atom is 0.412 e. The van der Waals surface area contributed by atoms with Gasteiger partial charge in [-0.05, 0) is 44.9 Å². The molecule has 7 heteroatoms. The molecule has 0 bridgehead atoms. The molecule has 122 valence electrons. The first-order valence-corrected chi connectivity index (χ1v) is 6.85. The molecule has 0 saturated heterocycles. The van der Waals surface area contributed by atoms with Crippen LogP contribution in [0.3, 0.4) is 0 Å². The monoisotopic (exact) mass is 312 g/mol. The van der Waals surface area contributed by atoms with E-state index in [-0.39, 0.29) is 18.5 Å². The highest BCUT2D eigenvalue weighted by Crippen LogP contribution is 2.23. The summed E-state index contributed by atoms with van der Waals surface area (Å²) in [4.78, 5) is 22.2. The first-order chi connectivity index (χ1) is 10.1. The molecule has 22 heavy (non-hydrogen) atoms. The van der Waals surface area contributed by atoms with Gasteiger partial charge in [0.15, 0.2) is 0 Å². The van der Waals surface area contributed by atoms with Crippen molar-refractivity contribution in [2.45, 2.75) is 45.3 Å². The van der Waals surface area contributed by atoms with Crippen molar-refractivity contribution in [3.05, 3.63) is 29.6 Å². The number of carboxylic acid groups (broad SMARTS) is 1. The standard InChI is InChI=1S/C15H21FN2O4/c1-15(2,3)22-14(21)18-12-8-9(4-5-10(12)16)11(17)6-7-13(19)20/h4-5,8,11H,6-7,17H2,1-3H3,(H,18,21)(H,19,20). The van der Waals surface area contributed by atoms with E-state index < -0.39 is 29.5 Å². The normalized spacial score (nSPS) is 12.6. The number of nitrogens with one attached hydrogen (secondary N) is 1. The van der Waals surface area contributed by atoms with Crippen LogP contribution in [0, 0.1) is 5.82 Å². The third kappa shape index (κ3) is 6.09. The van der Waals surface area contributed by atoms with Crippen molar-refractivity contribution < 1.29 is 23.8 Å². The molecule has 1 amide bonds. The number of carbonyl (C=O) groups is 2. The third-order valence-electron chi connectivity index (χ3n) is 2.72. The molecule has 0 fully saturated rings. The summed E-state index contributed by atoms with van der Waals surface area (Å²) >= 11 is 0. The Labute approximate surface area is 128 Å². The summed E-state index contributed by atoms with van der Waals surface area (Å²) in [6.45, 7) is 5.09. The molecule has 0 saturated carbocycles. The number of hydrogen-bond acceptors (Lipinski definition) is 4. The lowest BCUT2D eigenvalue weighted by Crippen LogP contribution is -2.27. The highest BCUT2D eigenvalue weighted by molar-refractivity contribution is 5.85. The lowest BCUT2D eigenvalue weighted by Gasteiger charge is -2.20. The summed E-state index contributed by atoms with van der Waals surface area (Å²) in [6.07, 6.45) is -0.650. The molecule has 0 radical (unpaired) electrons. The number of carboxylic acids is 1. The SMILES string of the molecule is CC(C)(C)OC(=O)Nc1cc(C(N)CCC(=O)O)ccc1F. The Morgan fingerprint density at radius 1 is 1.41 bits per heavy atom. The van der Waals surface area contributed by atoms with E-state index in [0.717, 1.165) is 0 Å².